The molecule has 0 saturated heterocycles. The number of thiophene rings is 1. The van der Waals surface area contributed by atoms with Crippen LogP contribution in [0.4, 0.5) is 5.00 Å². The Morgan fingerprint density at radius 2 is 2.03 bits per heavy atom. The van der Waals surface area contributed by atoms with Crippen LogP contribution in [0.15, 0.2) is 24.3 Å². The molecule has 1 aromatic heterocycles. The van der Waals surface area contributed by atoms with E-state index in [1.165, 1.54) is 21.1 Å². The van der Waals surface area contributed by atoms with Crippen LogP contribution in [0, 0.1) is 6.92 Å². The van der Waals surface area contributed by atoms with Crippen molar-refractivity contribution >= 4 is 34.1 Å². The second-order valence-corrected chi connectivity index (χ2v) is 8.93. The van der Waals surface area contributed by atoms with Crippen molar-refractivity contribution in [2.75, 3.05) is 38.2 Å². The first-order valence-corrected chi connectivity index (χ1v) is 10.8. The van der Waals surface area contributed by atoms with Crippen molar-refractivity contribution in [3.05, 3.63) is 51.4 Å². The Morgan fingerprint density at radius 1 is 1.23 bits per heavy atom. The Balaban J connectivity index is 1.61. The zero-order valence-electron chi connectivity index (χ0n) is 17.2. The lowest BCUT2D eigenvalue weighted by Crippen LogP contribution is -2.39. The number of aliphatic hydroxyl groups is 1. The summed E-state index contributed by atoms with van der Waals surface area (Å²) in [4.78, 5) is 44.2. The fourth-order valence-corrected chi connectivity index (χ4v) is 5.51. The topological polar surface area (TPSA) is 81.2 Å². The lowest BCUT2D eigenvalue weighted by atomic mass is 10.0. The molecule has 0 bridgehead atoms. The number of rotatable bonds is 4. The molecule has 0 spiro atoms. The van der Waals surface area contributed by atoms with E-state index >= 15 is 0 Å². The standard InChI is InChI=1S/C22H25N3O4S/c1-14-4-3-5-15(10-14)11-18(27)24-7-6-16-17(12-24)30-22-20(16)21(29)23(2)13-19(28)25(22)8-9-26/h3-5,10,26H,6-9,11-13H2,1-2H3. The Bertz CT molecular complexity index is 1020. The molecule has 158 valence electrons. The van der Waals surface area contributed by atoms with Gasteiger partial charge in [-0.25, -0.2) is 0 Å². The van der Waals surface area contributed by atoms with E-state index in [4.69, 9.17) is 0 Å². The lowest BCUT2D eigenvalue weighted by Gasteiger charge is -2.27. The predicted molar refractivity (Wildman–Crippen MR) is 115 cm³/mol. The van der Waals surface area contributed by atoms with E-state index in [-0.39, 0.29) is 37.4 Å². The van der Waals surface area contributed by atoms with E-state index in [9.17, 15) is 19.5 Å². The van der Waals surface area contributed by atoms with Crippen molar-refractivity contribution in [3.63, 3.8) is 0 Å². The normalized spacial score (nSPS) is 16.4. The number of hydrogen-bond donors (Lipinski definition) is 1. The molecule has 8 heteroatoms. The quantitative estimate of drug-likeness (QED) is 0.804. The summed E-state index contributed by atoms with van der Waals surface area (Å²) < 4.78 is 0. The van der Waals surface area contributed by atoms with E-state index in [0.717, 1.165) is 21.6 Å². The van der Waals surface area contributed by atoms with Crippen molar-refractivity contribution in [2.45, 2.75) is 26.3 Å². The Labute approximate surface area is 179 Å². The molecule has 0 saturated carbocycles. The summed E-state index contributed by atoms with van der Waals surface area (Å²) >= 11 is 1.39. The highest BCUT2D eigenvalue weighted by molar-refractivity contribution is 7.17. The third-order valence-electron chi connectivity index (χ3n) is 5.63. The third kappa shape index (κ3) is 3.73. The van der Waals surface area contributed by atoms with Gasteiger partial charge in [0.15, 0.2) is 0 Å². The van der Waals surface area contributed by atoms with E-state index in [1.807, 2.05) is 36.1 Å². The zero-order chi connectivity index (χ0) is 21.4. The van der Waals surface area contributed by atoms with Crippen LogP contribution < -0.4 is 4.90 Å². The van der Waals surface area contributed by atoms with Crippen LogP contribution >= 0.6 is 11.3 Å². The first-order chi connectivity index (χ1) is 14.4. The fraction of sp³-hybridized carbons (Fsp3) is 0.409. The number of carbonyl (C=O) groups excluding carboxylic acids is 3. The molecule has 2 aromatic rings. The summed E-state index contributed by atoms with van der Waals surface area (Å²) in [7, 11) is 1.62. The molecule has 30 heavy (non-hydrogen) atoms. The first kappa shape index (κ1) is 20.6. The minimum absolute atomic E-state index is 0.00386. The number of β-amino-alcohol motifs (C(OH)–C–C–N with tert-alkyl or cyclic N) is 1. The molecule has 3 heterocycles. The first-order valence-electron chi connectivity index (χ1n) is 10.0. The molecule has 3 amide bonds. The number of likely N-dealkylation sites (N-methyl/N-ethyl adjacent to an activating group) is 1. The summed E-state index contributed by atoms with van der Waals surface area (Å²) in [5.41, 5.74) is 3.61. The Kier molecular flexibility index (Phi) is 5.62. The number of aryl methyl sites for hydroxylation is 1. The number of aliphatic hydroxyl groups excluding tert-OH is 1. The van der Waals surface area contributed by atoms with Gasteiger partial charge >= 0.3 is 0 Å². The largest absolute Gasteiger partial charge is 0.395 e. The summed E-state index contributed by atoms with van der Waals surface area (Å²) in [6, 6.07) is 7.94. The van der Waals surface area contributed by atoms with E-state index in [0.29, 0.717) is 36.5 Å². The van der Waals surface area contributed by atoms with Crippen LogP contribution in [0.5, 0.6) is 0 Å². The van der Waals surface area contributed by atoms with Crippen molar-refractivity contribution in [3.8, 4) is 0 Å². The third-order valence-corrected chi connectivity index (χ3v) is 6.87. The maximum absolute atomic E-state index is 13.0. The van der Waals surface area contributed by atoms with E-state index in [2.05, 4.69) is 0 Å². The molecule has 2 aliphatic rings. The summed E-state index contributed by atoms with van der Waals surface area (Å²) in [5, 5.41) is 10.0. The molecule has 0 radical (unpaired) electrons. The van der Waals surface area contributed by atoms with Gasteiger partial charge in [-0.2, -0.15) is 0 Å². The van der Waals surface area contributed by atoms with Crippen molar-refractivity contribution in [2.24, 2.45) is 0 Å². The monoisotopic (exact) mass is 427 g/mol. The van der Waals surface area contributed by atoms with Crippen molar-refractivity contribution < 1.29 is 19.5 Å². The molecule has 1 N–H and O–H groups in total. The lowest BCUT2D eigenvalue weighted by molar-refractivity contribution is -0.131. The maximum atomic E-state index is 13.0. The highest BCUT2D eigenvalue weighted by atomic mass is 32.1. The van der Waals surface area contributed by atoms with Gasteiger partial charge in [0.25, 0.3) is 5.91 Å². The average Bonchev–Trinajstić information content (AvgIpc) is 3.05. The van der Waals surface area contributed by atoms with Gasteiger partial charge in [0.1, 0.15) is 11.5 Å². The minimum Gasteiger partial charge on any atom is -0.395 e. The number of hydrogen-bond acceptors (Lipinski definition) is 5. The van der Waals surface area contributed by atoms with Gasteiger partial charge in [-0.15, -0.1) is 11.3 Å². The highest BCUT2D eigenvalue weighted by Gasteiger charge is 2.37. The average molecular weight is 428 g/mol. The van der Waals surface area contributed by atoms with Gasteiger partial charge in [-0.05, 0) is 24.5 Å². The molecule has 4 rings (SSSR count). The van der Waals surface area contributed by atoms with Gasteiger partial charge in [0, 0.05) is 25.0 Å². The summed E-state index contributed by atoms with van der Waals surface area (Å²) in [6.45, 7) is 2.97. The SMILES string of the molecule is Cc1cccc(CC(=O)N2CCc3c(sc4c3C(=O)N(C)CC(=O)N4CCO)C2)c1. The summed E-state index contributed by atoms with van der Waals surface area (Å²) in [5.74, 6) is -0.318. The molecular weight excluding hydrogens is 402 g/mol. The van der Waals surface area contributed by atoms with E-state index < -0.39 is 0 Å². The van der Waals surface area contributed by atoms with Crippen LogP contribution in [0.1, 0.15) is 31.9 Å². The van der Waals surface area contributed by atoms with Crippen molar-refractivity contribution in [1.29, 1.82) is 0 Å². The number of fused-ring (bicyclic) bond motifs is 3. The second kappa shape index (κ2) is 8.20. The molecule has 2 aliphatic heterocycles. The fourth-order valence-electron chi connectivity index (χ4n) is 4.11. The molecule has 0 aliphatic carbocycles. The zero-order valence-corrected chi connectivity index (χ0v) is 18.0. The molecular formula is C22H25N3O4S. The van der Waals surface area contributed by atoms with E-state index in [1.54, 1.807) is 7.05 Å². The summed E-state index contributed by atoms with van der Waals surface area (Å²) in [6.07, 6.45) is 0.931. The molecule has 1 aromatic carbocycles. The molecule has 0 fully saturated rings. The van der Waals surface area contributed by atoms with Gasteiger partial charge in [0.05, 0.1) is 25.1 Å². The maximum Gasteiger partial charge on any atom is 0.257 e. The molecule has 0 atom stereocenters. The number of amides is 3. The second-order valence-electron chi connectivity index (χ2n) is 7.85. The molecule has 0 unspecified atom stereocenters. The van der Waals surface area contributed by atoms with Crippen LogP contribution in [0.25, 0.3) is 0 Å². The van der Waals surface area contributed by atoms with Gasteiger partial charge in [-0.1, -0.05) is 29.8 Å². The predicted octanol–water partition coefficient (Wildman–Crippen LogP) is 1.59. The van der Waals surface area contributed by atoms with Crippen LogP contribution in [-0.2, 0) is 29.0 Å². The van der Waals surface area contributed by atoms with Crippen LogP contribution in [-0.4, -0.2) is 65.9 Å². The number of nitrogens with zero attached hydrogens (tertiary/aromatic N) is 3. The van der Waals surface area contributed by atoms with Crippen LogP contribution in [0.3, 0.4) is 0 Å². The van der Waals surface area contributed by atoms with Gasteiger partial charge in [-0.3, -0.25) is 19.3 Å². The molecule has 7 nitrogen and oxygen atoms in total. The smallest absolute Gasteiger partial charge is 0.257 e. The van der Waals surface area contributed by atoms with Crippen molar-refractivity contribution in [1.82, 2.24) is 9.80 Å². The Hall–Kier alpha value is -2.71. The van der Waals surface area contributed by atoms with Crippen LogP contribution in [0.2, 0.25) is 0 Å². The van der Waals surface area contributed by atoms with Gasteiger partial charge in [0.2, 0.25) is 11.8 Å². The Morgan fingerprint density at radius 3 is 2.77 bits per heavy atom. The highest BCUT2D eigenvalue weighted by Crippen LogP contribution is 2.41. The van der Waals surface area contributed by atoms with Gasteiger partial charge < -0.3 is 14.9 Å². The number of benzene rings is 1. The number of anilines is 1. The number of carbonyl (C=O) groups is 3. The minimum atomic E-state index is -0.204.